The second-order valence-electron chi connectivity index (χ2n) is 6.22. The average Bonchev–Trinajstić information content (AvgIpc) is 2.55. The Bertz CT molecular complexity index is 455. The molecule has 0 radical (unpaired) electrons. The minimum atomic E-state index is 0.384. The first kappa shape index (κ1) is 14.7. The van der Waals surface area contributed by atoms with Crippen molar-refractivity contribution in [3.8, 4) is 11.5 Å². The lowest BCUT2D eigenvalue weighted by Crippen LogP contribution is -2.26. The number of para-hydroxylation sites is 1. The van der Waals surface area contributed by atoms with Crippen molar-refractivity contribution >= 4 is 0 Å². The van der Waals surface area contributed by atoms with E-state index in [-0.39, 0.29) is 0 Å². The monoisotopic (exact) mass is 289 g/mol. The standard InChI is InChI=1S/C18H27NO2/c1-2-19-16(13-14-7-4-3-5-8-14)15-9-6-10-17-18(15)21-12-11-20-17/h6,9-10,14,16,19H,2-5,7-8,11-13H2,1H3. The van der Waals surface area contributed by atoms with Crippen LogP contribution in [-0.2, 0) is 0 Å². The molecule has 0 amide bonds. The highest BCUT2D eigenvalue weighted by atomic mass is 16.6. The van der Waals surface area contributed by atoms with Crippen LogP contribution in [0.5, 0.6) is 11.5 Å². The molecule has 0 bridgehead atoms. The molecule has 1 N–H and O–H groups in total. The van der Waals surface area contributed by atoms with Crippen LogP contribution in [0.4, 0.5) is 0 Å². The zero-order valence-corrected chi connectivity index (χ0v) is 13.1. The van der Waals surface area contributed by atoms with Gasteiger partial charge >= 0.3 is 0 Å². The Labute approximate surface area is 128 Å². The molecule has 1 fully saturated rings. The second-order valence-corrected chi connectivity index (χ2v) is 6.22. The Hall–Kier alpha value is -1.22. The molecule has 1 saturated carbocycles. The summed E-state index contributed by atoms with van der Waals surface area (Å²) in [6.45, 7) is 4.49. The number of benzene rings is 1. The molecule has 1 heterocycles. The summed E-state index contributed by atoms with van der Waals surface area (Å²) in [5.74, 6) is 2.72. The van der Waals surface area contributed by atoms with Gasteiger partial charge in [0.15, 0.2) is 11.5 Å². The van der Waals surface area contributed by atoms with E-state index in [4.69, 9.17) is 9.47 Å². The van der Waals surface area contributed by atoms with E-state index < -0.39 is 0 Å². The summed E-state index contributed by atoms with van der Waals surface area (Å²) in [7, 11) is 0. The van der Waals surface area contributed by atoms with Crippen LogP contribution in [-0.4, -0.2) is 19.8 Å². The van der Waals surface area contributed by atoms with Crippen LogP contribution in [0.15, 0.2) is 18.2 Å². The molecular formula is C18H27NO2. The maximum Gasteiger partial charge on any atom is 0.166 e. The summed E-state index contributed by atoms with van der Waals surface area (Å²) in [6, 6.07) is 6.69. The number of hydrogen-bond acceptors (Lipinski definition) is 3. The summed E-state index contributed by atoms with van der Waals surface area (Å²) >= 11 is 0. The fraction of sp³-hybridized carbons (Fsp3) is 0.667. The minimum absolute atomic E-state index is 0.384. The molecular weight excluding hydrogens is 262 g/mol. The van der Waals surface area contributed by atoms with Gasteiger partial charge in [-0.15, -0.1) is 0 Å². The van der Waals surface area contributed by atoms with Gasteiger partial charge in [0, 0.05) is 11.6 Å². The van der Waals surface area contributed by atoms with Crippen LogP contribution in [0.1, 0.15) is 57.1 Å². The van der Waals surface area contributed by atoms with Crippen molar-refractivity contribution < 1.29 is 9.47 Å². The topological polar surface area (TPSA) is 30.5 Å². The summed E-state index contributed by atoms with van der Waals surface area (Å²) < 4.78 is 11.6. The van der Waals surface area contributed by atoms with Gasteiger partial charge < -0.3 is 14.8 Å². The number of ether oxygens (including phenoxy) is 2. The van der Waals surface area contributed by atoms with E-state index in [1.165, 1.54) is 44.1 Å². The maximum absolute atomic E-state index is 5.91. The van der Waals surface area contributed by atoms with Crippen molar-refractivity contribution in [2.75, 3.05) is 19.8 Å². The molecule has 1 aliphatic heterocycles. The third kappa shape index (κ3) is 3.52. The van der Waals surface area contributed by atoms with Crippen molar-refractivity contribution in [1.29, 1.82) is 0 Å². The smallest absolute Gasteiger partial charge is 0.166 e. The van der Waals surface area contributed by atoms with Gasteiger partial charge in [-0.3, -0.25) is 0 Å². The second kappa shape index (κ2) is 7.17. The largest absolute Gasteiger partial charge is 0.486 e. The van der Waals surface area contributed by atoms with Crippen LogP contribution >= 0.6 is 0 Å². The van der Waals surface area contributed by atoms with Gasteiger partial charge in [0.1, 0.15) is 13.2 Å². The highest BCUT2D eigenvalue weighted by Crippen LogP contribution is 2.40. The number of nitrogens with one attached hydrogen (secondary N) is 1. The summed E-state index contributed by atoms with van der Waals surface area (Å²) in [5.41, 5.74) is 1.28. The molecule has 1 atom stereocenters. The molecule has 0 spiro atoms. The van der Waals surface area contributed by atoms with E-state index in [1.807, 2.05) is 6.07 Å². The lowest BCUT2D eigenvalue weighted by atomic mass is 9.83. The van der Waals surface area contributed by atoms with Gasteiger partial charge in [-0.2, -0.15) is 0 Å². The fourth-order valence-corrected chi connectivity index (χ4v) is 3.69. The van der Waals surface area contributed by atoms with Crippen molar-refractivity contribution in [1.82, 2.24) is 5.32 Å². The van der Waals surface area contributed by atoms with Gasteiger partial charge in [0.05, 0.1) is 0 Å². The van der Waals surface area contributed by atoms with Gasteiger partial charge in [0.2, 0.25) is 0 Å². The first-order valence-corrected chi connectivity index (χ1v) is 8.50. The molecule has 3 heteroatoms. The van der Waals surface area contributed by atoms with Gasteiger partial charge in [-0.25, -0.2) is 0 Å². The van der Waals surface area contributed by atoms with Gasteiger partial charge in [-0.05, 0) is 24.9 Å². The van der Waals surface area contributed by atoms with E-state index in [2.05, 4.69) is 24.4 Å². The number of rotatable bonds is 5. The zero-order chi connectivity index (χ0) is 14.5. The predicted molar refractivity (Wildman–Crippen MR) is 85.0 cm³/mol. The quantitative estimate of drug-likeness (QED) is 0.886. The Morgan fingerprint density at radius 2 is 1.95 bits per heavy atom. The van der Waals surface area contributed by atoms with Crippen molar-refractivity contribution in [2.45, 2.75) is 51.5 Å². The molecule has 0 aromatic heterocycles. The molecule has 0 saturated heterocycles. The van der Waals surface area contributed by atoms with E-state index in [9.17, 15) is 0 Å². The number of fused-ring (bicyclic) bond motifs is 1. The molecule has 21 heavy (non-hydrogen) atoms. The molecule has 1 unspecified atom stereocenters. The van der Waals surface area contributed by atoms with Crippen molar-refractivity contribution in [2.24, 2.45) is 5.92 Å². The highest BCUT2D eigenvalue weighted by molar-refractivity contribution is 5.49. The molecule has 3 nitrogen and oxygen atoms in total. The van der Waals surface area contributed by atoms with Gasteiger partial charge in [0.25, 0.3) is 0 Å². The third-order valence-electron chi connectivity index (χ3n) is 4.72. The van der Waals surface area contributed by atoms with Crippen LogP contribution in [0.2, 0.25) is 0 Å². The molecule has 1 aliphatic carbocycles. The van der Waals surface area contributed by atoms with E-state index in [0.717, 1.165) is 24.0 Å². The molecule has 2 aliphatic rings. The minimum Gasteiger partial charge on any atom is -0.486 e. The first-order valence-electron chi connectivity index (χ1n) is 8.50. The Kier molecular flexibility index (Phi) is 5.02. The van der Waals surface area contributed by atoms with Crippen molar-refractivity contribution in [3.05, 3.63) is 23.8 Å². The Morgan fingerprint density at radius 3 is 2.76 bits per heavy atom. The molecule has 3 rings (SSSR count). The van der Waals surface area contributed by atoms with Crippen LogP contribution < -0.4 is 14.8 Å². The highest BCUT2D eigenvalue weighted by Gasteiger charge is 2.25. The van der Waals surface area contributed by atoms with Crippen LogP contribution in [0.3, 0.4) is 0 Å². The van der Waals surface area contributed by atoms with Crippen molar-refractivity contribution in [3.63, 3.8) is 0 Å². The summed E-state index contributed by atoms with van der Waals surface area (Å²) in [4.78, 5) is 0. The van der Waals surface area contributed by atoms with Crippen LogP contribution in [0, 0.1) is 5.92 Å². The lowest BCUT2D eigenvalue weighted by Gasteiger charge is -2.30. The SMILES string of the molecule is CCNC(CC1CCCCC1)c1cccc2c1OCCO2. The molecule has 116 valence electrons. The fourth-order valence-electron chi connectivity index (χ4n) is 3.69. The zero-order valence-electron chi connectivity index (χ0n) is 13.1. The molecule has 1 aromatic carbocycles. The number of hydrogen-bond donors (Lipinski definition) is 1. The average molecular weight is 289 g/mol. The first-order chi connectivity index (χ1) is 10.4. The third-order valence-corrected chi connectivity index (χ3v) is 4.72. The maximum atomic E-state index is 5.91. The summed E-state index contributed by atoms with van der Waals surface area (Å²) in [5, 5.41) is 3.66. The Morgan fingerprint density at radius 1 is 1.14 bits per heavy atom. The predicted octanol–water partition coefficient (Wildman–Crippen LogP) is 4.08. The van der Waals surface area contributed by atoms with Gasteiger partial charge in [-0.1, -0.05) is 51.2 Å². The van der Waals surface area contributed by atoms with E-state index in [0.29, 0.717) is 19.3 Å². The Balaban J connectivity index is 1.79. The molecule has 1 aromatic rings. The van der Waals surface area contributed by atoms with E-state index >= 15 is 0 Å². The lowest BCUT2D eigenvalue weighted by molar-refractivity contribution is 0.167. The van der Waals surface area contributed by atoms with Crippen LogP contribution in [0.25, 0.3) is 0 Å². The normalized spacial score (nSPS) is 20.2. The van der Waals surface area contributed by atoms with E-state index in [1.54, 1.807) is 0 Å². The summed E-state index contributed by atoms with van der Waals surface area (Å²) in [6.07, 6.45) is 8.20.